The second-order valence-corrected chi connectivity index (χ2v) is 10.7. The average Bonchev–Trinajstić information content (AvgIpc) is 3.14. The van der Waals surface area contributed by atoms with E-state index < -0.39 is 20.9 Å². The third-order valence-corrected chi connectivity index (χ3v) is 8.84. The van der Waals surface area contributed by atoms with Gasteiger partial charge in [-0.1, -0.05) is 19.1 Å². The van der Waals surface area contributed by atoms with Crippen molar-refractivity contribution in [3.8, 4) is 0 Å². The maximum Gasteiger partial charge on any atom is 0.322 e. The van der Waals surface area contributed by atoms with Gasteiger partial charge in [0, 0.05) is 37.7 Å². The molecule has 0 radical (unpaired) electrons. The lowest BCUT2D eigenvalue weighted by molar-refractivity contribution is -0.0946. The molecule has 3 aliphatic rings. The number of aryl methyl sites for hydroxylation is 1. The molecule has 0 aliphatic carbocycles. The van der Waals surface area contributed by atoms with E-state index in [0.29, 0.717) is 13.0 Å². The van der Waals surface area contributed by atoms with E-state index in [1.807, 2.05) is 36.4 Å². The average molecular weight is 443 g/mol. The summed E-state index contributed by atoms with van der Waals surface area (Å²) >= 11 is 0. The van der Waals surface area contributed by atoms with E-state index in [0.717, 1.165) is 17.7 Å². The Morgan fingerprint density at radius 2 is 1.90 bits per heavy atom. The molecule has 3 saturated heterocycles. The molecule has 0 unspecified atom stereocenters. The number of benzene rings is 1. The number of ether oxygens (including phenoxy) is 1. The third-order valence-electron chi connectivity index (χ3n) is 6.52. The normalized spacial score (nSPS) is 29.0. The molecule has 164 valence electrons. The number of anilines is 1. The second kappa shape index (κ2) is 7.58. The third kappa shape index (κ3) is 3.60. The summed E-state index contributed by atoms with van der Waals surface area (Å²) in [5, 5.41) is 2.32. The Hall–Kier alpha value is -2.49. The van der Waals surface area contributed by atoms with Crippen LogP contribution in [0.2, 0.25) is 0 Å². The van der Waals surface area contributed by atoms with E-state index in [1.54, 1.807) is 17.3 Å². The largest absolute Gasteiger partial charge is 0.365 e. The summed E-state index contributed by atoms with van der Waals surface area (Å²) in [6.07, 6.45) is 4.41. The molecule has 2 bridgehead atoms. The van der Waals surface area contributed by atoms with Crippen molar-refractivity contribution < 1.29 is 17.9 Å². The summed E-state index contributed by atoms with van der Waals surface area (Å²) in [4.78, 5) is 18.6. The summed E-state index contributed by atoms with van der Waals surface area (Å²) in [6, 6.07) is 11.2. The Balaban J connectivity index is 1.33. The molecular weight excluding hydrogens is 416 g/mol. The highest BCUT2D eigenvalue weighted by molar-refractivity contribution is 7.90. The molecule has 31 heavy (non-hydrogen) atoms. The molecule has 1 aromatic carbocycles. The summed E-state index contributed by atoms with van der Waals surface area (Å²) in [7, 11) is -3.51. The first-order chi connectivity index (χ1) is 14.9. The number of pyridine rings is 1. The van der Waals surface area contributed by atoms with Crippen molar-refractivity contribution in [1.82, 2.24) is 14.2 Å². The van der Waals surface area contributed by atoms with Gasteiger partial charge in [-0.15, -0.1) is 0 Å². The monoisotopic (exact) mass is 442 g/mol. The number of hydrogen-bond acceptors (Lipinski definition) is 5. The van der Waals surface area contributed by atoms with Crippen LogP contribution in [0.3, 0.4) is 0 Å². The molecular formula is C22H26N4O4S. The SMILES string of the molecule is CCc1ccc(NC(=O)N2C[C@@H]3C[C@@H]4[C@@](C2)(CN(Cc2ccncc2)S4(=O)=O)O3)cc1. The number of urea groups is 1. The van der Waals surface area contributed by atoms with Gasteiger partial charge in [0.1, 0.15) is 10.9 Å². The van der Waals surface area contributed by atoms with Gasteiger partial charge >= 0.3 is 6.03 Å². The maximum absolute atomic E-state index is 13.3. The molecule has 1 N–H and O–H groups in total. The first-order valence-corrected chi connectivity index (χ1v) is 12.1. The second-order valence-electron chi connectivity index (χ2n) is 8.56. The number of nitrogens with one attached hydrogen (secondary N) is 1. The predicted octanol–water partition coefficient (Wildman–Crippen LogP) is 2.23. The molecule has 9 heteroatoms. The fourth-order valence-corrected chi connectivity index (χ4v) is 7.26. The number of morpholine rings is 1. The van der Waals surface area contributed by atoms with Gasteiger partial charge in [0.25, 0.3) is 0 Å². The number of likely N-dealkylation sites (tertiary alicyclic amines) is 1. The van der Waals surface area contributed by atoms with Gasteiger partial charge in [0.2, 0.25) is 10.0 Å². The highest BCUT2D eigenvalue weighted by Gasteiger charge is 2.65. The zero-order valence-electron chi connectivity index (χ0n) is 17.4. The van der Waals surface area contributed by atoms with Crippen LogP contribution in [-0.4, -0.2) is 65.2 Å². The number of aromatic nitrogens is 1. The van der Waals surface area contributed by atoms with E-state index in [-0.39, 0.29) is 31.8 Å². The van der Waals surface area contributed by atoms with Gasteiger partial charge in [0.15, 0.2) is 0 Å². The van der Waals surface area contributed by atoms with Crippen LogP contribution in [-0.2, 0) is 27.7 Å². The molecule has 1 spiro atoms. The molecule has 5 rings (SSSR count). The predicted molar refractivity (Wildman–Crippen MR) is 116 cm³/mol. The van der Waals surface area contributed by atoms with Gasteiger partial charge in [-0.05, 0) is 48.2 Å². The number of hydrogen-bond donors (Lipinski definition) is 1. The molecule has 3 aliphatic heterocycles. The van der Waals surface area contributed by atoms with Crippen LogP contribution in [0.25, 0.3) is 0 Å². The summed E-state index contributed by atoms with van der Waals surface area (Å²) in [5.41, 5.74) is 1.94. The molecule has 1 aromatic heterocycles. The number of amides is 2. The zero-order chi connectivity index (χ0) is 21.6. The molecule has 2 amide bonds. The molecule has 3 fully saturated rings. The minimum atomic E-state index is -3.51. The Kier molecular flexibility index (Phi) is 4.99. The van der Waals surface area contributed by atoms with Crippen molar-refractivity contribution in [3.63, 3.8) is 0 Å². The van der Waals surface area contributed by atoms with Crippen molar-refractivity contribution in [2.75, 3.05) is 25.0 Å². The van der Waals surface area contributed by atoms with Crippen LogP contribution >= 0.6 is 0 Å². The van der Waals surface area contributed by atoms with Crippen molar-refractivity contribution in [3.05, 3.63) is 59.9 Å². The molecule has 3 atom stereocenters. The van der Waals surface area contributed by atoms with E-state index in [2.05, 4.69) is 17.2 Å². The van der Waals surface area contributed by atoms with E-state index >= 15 is 0 Å². The number of fused-ring (bicyclic) bond motifs is 1. The first kappa shape index (κ1) is 20.4. The number of rotatable bonds is 4. The highest BCUT2D eigenvalue weighted by atomic mass is 32.2. The van der Waals surface area contributed by atoms with Gasteiger partial charge in [-0.3, -0.25) is 4.98 Å². The number of carbonyl (C=O) groups excluding carboxylic acids is 1. The minimum Gasteiger partial charge on any atom is -0.365 e. The van der Waals surface area contributed by atoms with Crippen molar-refractivity contribution in [2.45, 2.75) is 43.3 Å². The summed E-state index contributed by atoms with van der Waals surface area (Å²) in [6.45, 7) is 3.29. The fraction of sp³-hybridized carbons (Fsp3) is 0.455. The van der Waals surface area contributed by atoms with Crippen LogP contribution in [0, 0.1) is 0 Å². The van der Waals surface area contributed by atoms with E-state index in [1.165, 1.54) is 9.87 Å². The Morgan fingerprint density at radius 3 is 2.61 bits per heavy atom. The number of sulfonamides is 1. The van der Waals surface area contributed by atoms with Crippen LogP contribution in [0.5, 0.6) is 0 Å². The topological polar surface area (TPSA) is 91.8 Å². The quantitative estimate of drug-likeness (QED) is 0.784. The molecule has 0 saturated carbocycles. The Labute approximate surface area is 182 Å². The zero-order valence-corrected chi connectivity index (χ0v) is 18.2. The smallest absolute Gasteiger partial charge is 0.322 e. The van der Waals surface area contributed by atoms with Crippen LogP contribution in [0.4, 0.5) is 10.5 Å². The molecule has 2 aromatic rings. The Morgan fingerprint density at radius 1 is 1.16 bits per heavy atom. The van der Waals surface area contributed by atoms with Crippen LogP contribution in [0.1, 0.15) is 24.5 Å². The van der Waals surface area contributed by atoms with Crippen molar-refractivity contribution in [1.29, 1.82) is 0 Å². The van der Waals surface area contributed by atoms with Crippen LogP contribution < -0.4 is 5.32 Å². The van der Waals surface area contributed by atoms with Gasteiger partial charge in [-0.2, -0.15) is 4.31 Å². The lowest BCUT2D eigenvalue weighted by Gasteiger charge is -2.39. The first-order valence-electron chi connectivity index (χ1n) is 10.6. The van der Waals surface area contributed by atoms with E-state index in [9.17, 15) is 13.2 Å². The lowest BCUT2D eigenvalue weighted by atomic mass is 9.99. The Bertz CT molecular complexity index is 1080. The van der Waals surface area contributed by atoms with Gasteiger partial charge < -0.3 is 15.0 Å². The summed E-state index contributed by atoms with van der Waals surface area (Å²) < 4.78 is 34.2. The highest BCUT2D eigenvalue weighted by Crippen LogP contribution is 2.47. The minimum absolute atomic E-state index is 0.220. The molecule has 4 heterocycles. The van der Waals surface area contributed by atoms with E-state index in [4.69, 9.17) is 4.74 Å². The summed E-state index contributed by atoms with van der Waals surface area (Å²) in [5.74, 6) is 0. The number of nitrogens with zero attached hydrogens (tertiary/aromatic N) is 3. The number of carbonyl (C=O) groups is 1. The van der Waals surface area contributed by atoms with Crippen LogP contribution in [0.15, 0.2) is 48.8 Å². The van der Waals surface area contributed by atoms with Gasteiger partial charge in [-0.25, -0.2) is 13.2 Å². The van der Waals surface area contributed by atoms with Gasteiger partial charge in [0.05, 0.1) is 12.6 Å². The maximum atomic E-state index is 13.3. The van der Waals surface area contributed by atoms with Crippen molar-refractivity contribution >= 4 is 21.7 Å². The van der Waals surface area contributed by atoms with Crippen molar-refractivity contribution in [2.24, 2.45) is 0 Å². The standard InChI is InChI=1S/C22H26N4O4S/c1-2-16-3-5-18(6-4-16)24-21(27)25-13-19-11-20-22(14-25,30-19)15-26(31(20,28)29)12-17-7-9-23-10-8-17/h3-10,19-20H,2,11-15H2,1H3,(H,24,27)/t19-,20+,22+/m0/s1. The fourth-order valence-electron chi connectivity index (χ4n) is 4.96. The lowest BCUT2D eigenvalue weighted by Crippen LogP contribution is -2.57. The molecule has 8 nitrogen and oxygen atoms in total.